The molecule has 1 aliphatic heterocycles. The van der Waals surface area contributed by atoms with Crippen LogP contribution in [0, 0.1) is 0 Å². The monoisotopic (exact) mass is 371 g/mol. The van der Waals surface area contributed by atoms with Crippen LogP contribution in [0.1, 0.15) is 30.1 Å². The Morgan fingerprint density at radius 3 is 2.41 bits per heavy atom. The molecule has 0 fully saturated rings. The first kappa shape index (κ1) is 18.6. The Bertz CT molecular complexity index is 831. The second kappa shape index (κ2) is 8.44. The molecule has 1 N–H and O–H groups in total. The van der Waals surface area contributed by atoms with E-state index in [4.69, 9.17) is 18.9 Å². The second-order valence-corrected chi connectivity index (χ2v) is 5.98. The van der Waals surface area contributed by atoms with Crippen LogP contribution in [0.25, 0.3) is 0 Å². The highest BCUT2D eigenvalue weighted by atomic mass is 16.7. The largest absolute Gasteiger partial charge is 0.497 e. The summed E-state index contributed by atoms with van der Waals surface area (Å²) in [6.45, 7) is 1.95. The van der Waals surface area contributed by atoms with Gasteiger partial charge in [0.25, 0.3) is 0 Å². The van der Waals surface area contributed by atoms with Crippen LogP contribution in [0.5, 0.6) is 23.0 Å². The molecule has 7 nitrogen and oxygen atoms in total. The third-order valence-electron chi connectivity index (χ3n) is 4.04. The maximum Gasteiger partial charge on any atom is 0.231 e. The van der Waals surface area contributed by atoms with Crippen molar-refractivity contribution < 1.29 is 28.5 Å². The number of hydrogen-bond acceptors (Lipinski definition) is 6. The Morgan fingerprint density at radius 2 is 1.74 bits per heavy atom. The molecule has 27 heavy (non-hydrogen) atoms. The first-order valence-electron chi connectivity index (χ1n) is 8.58. The SMILES string of the molecule is COc1ccc(OCCCC(=O)Nc2cc3c(cc2C(C)=O)OCO3)cc1. The van der Waals surface area contributed by atoms with Crippen molar-refractivity contribution in [2.75, 3.05) is 25.8 Å². The summed E-state index contributed by atoms with van der Waals surface area (Å²) in [6, 6.07) is 10.4. The number of carbonyl (C=O) groups excluding carboxylic acids is 2. The smallest absolute Gasteiger partial charge is 0.231 e. The number of benzene rings is 2. The van der Waals surface area contributed by atoms with Crippen LogP contribution in [0.2, 0.25) is 0 Å². The zero-order valence-electron chi connectivity index (χ0n) is 15.2. The summed E-state index contributed by atoms with van der Waals surface area (Å²) in [6.07, 6.45) is 0.805. The van der Waals surface area contributed by atoms with Gasteiger partial charge in [0, 0.05) is 18.1 Å². The van der Waals surface area contributed by atoms with Gasteiger partial charge in [0.2, 0.25) is 12.7 Å². The van der Waals surface area contributed by atoms with Crippen LogP contribution >= 0.6 is 0 Å². The average Bonchev–Trinajstić information content (AvgIpc) is 3.12. The fourth-order valence-electron chi connectivity index (χ4n) is 2.64. The molecule has 0 radical (unpaired) electrons. The number of ether oxygens (including phenoxy) is 4. The average molecular weight is 371 g/mol. The van der Waals surface area contributed by atoms with E-state index in [0.717, 1.165) is 5.75 Å². The van der Waals surface area contributed by atoms with Crippen LogP contribution in [0.4, 0.5) is 5.69 Å². The number of rotatable bonds is 8. The summed E-state index contributed by atoms with van der Waals surface area (Å²) >= 11 is 0. The second-order valence-electron chi connectivity index (χ2n) is 5.98. The molecule has 0 aliphatic carbocycles. The number of Topliss-reactive ketones (excluding diaryl/α,β-unsaturated/α-hetero) is 1. The normalized spacial score (nSPS) is 11.8. The van der Waals surface area contributed by atoms with Crippen molar-refractivity contribution in [2.24, 2.45) is 0 Å². The van der Waals surface area contributed by atoms with Crippen molar-refractivity contribution in [1.82, 2.24) is 0 Å². The standard InChI is InChI=1S/C20H21NO6/c1-13(22)16-10-18-19(27-12-26-18)11-17(16)21-20(23)4-3-9-25-15-7-5-14(24-2)6-8-15/h5-8,10-11H,3-4,9,12H2,1-2H3,(H,21,23). The zero-order chi connectivity index (χ0) is 19.2. The van der Waals surface area contributed by atoms with Gasteiger partial charge < -0.3 is 24.3 Å². The first-order chi connectivity index (χ1) is 13.1. The van der Waals surface area contributed by atoms with Crippen molar-refractivity contribution in [3.8, 4) is 23.0 Å². The highest BCUT2D eigenvalue weighted by Gasteiger charge is 2.20. The van der Waals surface area contributed by atoms with Crippen LogP contribution in [0.3, 0.4) is 0 Å². The first-order valence-corrected chi connectivity index (χ1v) is 8.58. The van der Waals surface area contributed by atoms with Gasteiger partial charge in [-0.05, 0) is 43.7 Å². The van der Waals surface area contributed by atoms with E-state index in [1.165, 1.54) is 6.92 Å². The Balaban J connectivity index is 1.51. The number of ketones is 1. The van der Waals surface area contributed by atoms with Crippen molar-refractivity contribution in [1.29, 1.82) is 0 Å². The number of anilines is 1. The maximum absolute atomic E-state index is 12.2. The Kier molecular flexibility index (Phi) is 5.80. The maximum atomic E-state index is 12.2. The molecule has 0 aromatic heterocycles. The minimum atomic E-state index is -0.199. The van der Waals surface area contributed by atoms with Gasteiger partial charge in [0.05, 0.1) is 19.4 Å². The minimum Gasteiger partial charge on any atom is -0.497 e. The third-order valence-corrected chi connectivity index (χ3v) is 4.04. The summed E-state index contributed by atoms with van der Waals surface area (Å²) in [5.74, 6) is 2.13. The fourth-order valence-corrected chi connectivity index (χ4v) is 2.64. The summed E-state index contributed by atoms with van der Waals surface area (Å²) in [4.78, 5) is 24.0. The van der Waals surface area contributed by atoms with Crippen molar-refractivity contribution >= 4 is 17.4 Å². The predicted octanol–water partition coefficient (Wildman–Crippen LogP) is 3.42. The van der Waals surface area contributed by atoms with E-state index in [1.54, 1.807) is 19.2 Å². The summed E-state index contributed by atoms with van der Waals surface area (Å²) in [7, 11) is 1.60. The van der Waals surface area contributed by atoms with Crippen LogP contribution in [-0.2, 0) is 4.79 Å². The predicted molar refractivity (Wildman–Crippen MR) is 98.9 cm³/mol. The van der Waals surface area contributed by atoms with Crippen LogP contribution < -0.4 is 24.3 Å². The summed E-state index contributed by atoms with van der Waals surface area (Å²) in [5.41, 5.74) is 0.815. The van der Waals surface area contributed by atoms with Crippen LogP contribution in [-0.4, -0.2) is 32.2 Å². The molecule has 0 saturated heterocycles. The van der Waals surface area contributed by atoms with Gasteiger partial charge in [0.1, 0.15) is 11.5 Å². The Morgan fingerprint density at radius 1 is 1.07 bits per heavy atom. The molecule has 0 bridgehead atoms. The lowest BCUT2D eigenvalue weighted by molar-refractivity contribution is -0.116. The van der Waals surface area contributed by atoms with E-state index in [-0.39, 0.29) is 24.9 Å². The van der Waals surface area contributed by atoms with Crippen molar-refractivity contribution in [2.45, 2.75) is 19.8 Å². The summed E-state index contributed by atoms with van der Waals surface area (Å²) in [5, 5.41) is 2.77. The molecule has 1 aliphatic rings. The number of amides is 1. The van der Waals surface area contributed by atoms with Crippen molar-refractivity contribution in [3.05, 3.63) is 42.0 Å². The Labute approximate surface area is 157 Å². The molecule has 0 spiro atoms. The third kappa shape index (κ3) is 4.69. The lowest BCUT2D eigenvalue weighted by atomic mass is 10.1. The van der Waals surface area contributed by atoms with E-state index in [2.05, 4.69) is 5.32 Å². The fraction of sp³-hybridized carbons (Fsp3) is 0.300. The van der Waals surface area contributed by atoms with E-state index >= 15 is 0 Å². The highest BCUT2D eigenvalue weighted by molar-refractivity contribution is 6.04. The molecule has 2 aromatic carbocycles. The molecule has 2 aromatic rings. The van der Waals surface area contributed by atoms with Gasteiger partial charge in [-0.3, -0.25) is 9.59 Å². The molecule has 7 heteroatoms. The molecular weight excluding hydrogens is 350 g/mol. The molecular formula is C20H21NO6. The Hall–Kier alpha value is -3.22. The van der Waals surface area contributed by atoms with Gasteiger partial charge in [-0.2, -0.15) is 0 Å². The lowest BCUT2D eigenvalue weighted by Crippen LogP contribution is -2.15. The topological polar surface area (TPSA) is 83.1 Å². The van der Waals surface area contributed by atoms with Crippen molar-refractivity contribution in [3.63, 3.8) is 0 Å². The molecule has 0 atom stereocenters. The molecule has 1 amide bonds. The van der Waals surface area contributed by atoms with E-state index in [1.807, 2.05) is 24.3 Å². The highest BCUT2D eigenvalue weighted by Crippen LogP contribution is 2.37. The number of carbonyl (C=O) groups is 2. The summed E-state index contributed by atoms with van der Waals surface area (Å²) < 4.78 is 21.3. The van der Waals surface area contributed by atoms with Gasteiger partial charge in [-0.15, -0.1) is 0 Å². The van der Waals surface area contributed by atoms with Gasteiger partial charge >= 0.3 is 0 Å². The van der Waals surface area contributed by atoms with E-state index < -0.39 is 0 Å². The minimum absolute atomic E-state index is 0.104. The molecule has 0 saturated carbocycles. The van der Waals surface area contributed by atoms with Crippen LogP contribution in [0.15, 0.2) is 36.4 Å². The van der Waals surface area contributed by atoms with E-state index in [0.29, 0.717) is 41.5 Å². The number of hydrogen-bond donors (Lipinski definition) is 1. The quantitative estimate of drug-likeness (QED) is 0.565. The zero-order valence-corrected chi connectivity index (χ0v) is 15.2. The number of fused-ring (bicyclic) bond motifs is 1. The molecule has 142 valence electrons. The van der Waals surface area contributed by atoms with Gasteiger partial charge in [0.15, 0.2) is 17.3 Å². The van der Waals surface area contributed by atoms with E-state index in [9.17, 15) is 9.59 Å². The molecule has 0 unspecified atom stereocenters. The lowest BCUT2D eigenvalue weighted by Gasteiger charge is -2.11. The number of methoxy groups -OCH3 is 1. The van der Waals surface area contributed by atoms with Gasteiger partial charge in [-0.25, -0.2) is 0 Å². The molecule has 1 heterocycles. The number of nitrogens with one attached hydrogen (secondary N) is 1. The molecule has 3 rings (SSSR count). The van der Waals surface area contributed by atoms with Gasteiger partial charge in [-0.1, -0.05) is 0 Å².